The molecule has 0 bridgehead atoms. The van der Waals surface area contributed by atoms with Crippen LogP contribution < -0.4 is 11.1 Å². The van der Waals surface area contributed by atoms with Crippen molar-refractivity contribution in [2.75, 3.05) is 19.4 Å². The van der Waals surface area contributed by atoms with E-state index in [4.69, 9.17) is 10.6 Å². The average Bonchev–Trinajstić information content (AvgIpc) is 3.14. The summed E-state index contributed by atoms with van der Waals surface area (Å²) in [5.41, 5.74) is 5.82. The average molecular weight is 435 g/mol. The van der Waals surface area contributed by atoms with Gasteiger partial charge in [-0.2, -0.15) is 0 Å². The first-order chi connectivity index (χ1) is 14.3. The van der Waals surface area contributed by atoms with Gasteiger partial charge in [-0.05, 0) is 17.7 Å². The van der Waals surface area contributed by atoms with Gasteiger partial charge in [-0.1, -0.05) is 17.3 Å². The maximum atomic E-state index is 12.5. The lowest BCUT2D eigenvalue weighted by Gasteiger charge is -2.38. The van der Waals surface area contributed by atoms with Crippen LogP contribution in [0.2, 0.25) is 0 Å². The Bertz CT molecular complexity index is 991. The Kier molecular flexibility index (Phi) is 6.13. The van der Waals surface area contributed by atoms with Crippen LogP contribution in [0.1, 0.15) is 17.4 Å². The number of nitrogens with one attached hydrogen (secondary N) is 1. The number of hydroxylamine groups is 2. The summed E-state index contributed by atoms with van der Waals surface area (Å²) in [7, 11) is 1.25. The zero-order chi connectivity index (χ0) is 21.8. The van der Waals surface area contributed by atoms with Crippen LogP contribution in [0.5, 0.6) is 5.75 Å². The first kappa shape index (κ1) is 21.0. The summed E-state index contributed by atoms with van der Waals surface area (Å²) in [5, 5.41) is 27.4. The third kappa shape index (κ3) is 4.47. The molecule has 1 unspecified atom stereocenters. The number of hydrogen-bond acceptors (Lipinski definition) is 10. The van der Waals surface area contributed by atoms with Crippen molar-refractivity contribution in [1.82, 2.24) is 15.4 Å². The number of benzene rings is 1. The molecule has 1 saturated heterocycles. The summed E-state index contributed by atoms with van der Waals surface area (Å²) < 4.78 is 0. The van der Waals surface area contributed by atoms with E-state index in [-0.39, 0.29) is 34.4 Å². The highest BCUT2D eigenvalue weighted by Crippen LogP contribution is 2.25. The topological polar surface area (TPSA) is 177 Å². The third-order valence-electron chi connectivity index (χ3n) is 4.01. The Morgan fingerprint density at radius 2 is 2.10 bits per heavy atom. The molecule has 2 atom stereocenters. The first-order valence-corrected chi connectivity index (χ1v) is 9.31. The molecule has 5 N–H and O–H groups in total. The molecule has 3 rings (SSSR count). The largest absolute Gasteiger partial charge is 0.508 e. The Labute approximate surface area is 173 Å². The second-order valence-electron chi connectivity index (χ2n) is 6.03. The van der Waals surface area contributed by atoms with Crippen LogP contribution in [0.3, 0.4) is 0 Å². The van der Waals surface area contributed by atoms with Gasteiger partial charge in [-0.3, -0.25) is 14.4 Å². The number of phenols is 1. The molecule has 2 amide bonds. The van der Waals surface area contributed by atoms with E-state index >= 15 is 0 Å². The molecule has 2 heterocycles. The standard InChI is InChI=1S/C17H17N5O7S/c1-28-21-12(11-7-30-17(18)20-11)14(24)19-10-6-22(15(10)25)29-13(16(26)27)8-2-4-9(23)5-3-8/h2-5,7,10,13,23H,6H2,1H3,(H2,18,20)(H,19,24)(H,26,27)/b21-12-/t10-,13?/m0/s1. The normalized spacial score (nSPS) is 17.2. The minimum absolute atomic E-state index is 0.0407. The summed E-state index contributed by atoms with van der Waals surface area (Å²) in [6.45, 7) is -0.0775. The molecule has 1 aliphatic heterocycles. The number of nitrogens with two attached hydrogens (primary N) is 1. The summed E-state index contributed by atoms with van der Waals surface area (Å²) >= 11 is 1.11. The van der Waals surface area contributed by atoms with Crippen molar-refractivity contribution in [3.8, 4) is 5.75 Å². The van der Waals surface area contributed by atoms with E-state index in [1.165, 1.54) is 36.8 Å². The number of thiazole rings is 1. The number of oxime groups is 1. The highest BCUT2D eigenvalue weighted by molar-refractivity contribution is 7.13. The highest BCUT2D eigenvalue weighted by atomic mass is 32.1. The van der Waals surface area contributed by atoms with Crippen LogP contribution in [-0.2, 0) is 24.1 Å². The van der Waals surface area contributed by atoms with Crippen LogP contribution in [0.25, 0.3) is 0 Å². The Hall–Kier alpha value is -3.71. The lowest BCUT2D eigenvalue weighted by Crippen LogP contribution is -2.64. The minimum atomic E-state index is -1.46. The van der Waals surface area contributed by atoms with E-state index in [0.717, 1.165) is 16.4 Å². The molecule has 0 saturated carbocycles. The second-order valence-corrected chi connectivity index (χ2v) is 6.92. The Balaban J connectivity index is 1.63. The Morgan fingerprint density at radius 1 is 1.40 bits per heavy atom. The van der Waals surface area contributed by atoms with Gasteiger partial charge >= 0.3 is 5.97 Å². The third-order valence-corrected chi connectivity index (χ3v) is 4.69. The smallest absolute Gasteiger partial charge is 0.340 e. The number of anilines is 1. The van der Waals surface area contributed by atoms with Crippen molar-refractivity contribution >= 4 is 40.0 Å². The van der Waals surface area contributed by atoms with E-state index in [1.54, 1.807) is 0 Å². The molecule has 0 spiro atoms. The number of carboxylic acid groups (broad SMARTS) is 1. The first-order valence-electron chi connectivity index (χ1n) is 8.43. The number of rotatable bonds is 8. The summed E-state index contributed by atoms with van der Waals surface area (Å²) in [6.07, 6.45) is -1.46. The highest BCUT2D eigenvalue weighted by Gasteiger charge is 2.42. The molecule has 0 radical (unpaired) electrons. The summed E-state index contributed by atoms with van der Waals surface area (Å²) in [5.74, 6) is -2.71. The van der Waals surface area contributed by atoms with E-state index in [1.807, 2.05) is 0 Å². The number of aliphatic carboxylic acids is 1. The van der Waals surface area contributed by atoms with Crippen molar-refractivity contribution in [1.29, 1.82) is 0 Å². The fraction of sp³-hybridized carbons (Fsp3) is 0.235. The van der Waals surface area contributed by atoms with E-state index in [0.29, 0.717) is 0 Å². The van der Waals surface area contributed by atoms with Gasteiger partial charge in [-0.25, -0.2) is 14.8 Å². The molecule has 2 aromatic rings. The number of carboxylic acids is 1. The number of carbonyl (C=O) groups excluding carboxylic acids is 2. The van der Waals surface area contributed by atoms with Crippen LogP contribution in [0.15, 0.2) is 34.8 Å². The molecule has 1 aromatic carbocycles. The van der Waals surface area contributed by atoms with Gasteiger partial charge in [0.25, 0.3) is 11.8 Å². The quantitative estimate of drug-likeness (QED) is 0.250. The SMILES string of the molecule is CO/N=C(\C(=O)N[C@H]1CN(OC(C(=O)O)c2ccc(O)cc2)C1=O)c1csc(N)n1. The van der Waals surface area contributed by atoms with Crippen molar-refractivity contribution in [2.24, 2.45) is 5.16 Å². The van der Waals surface area contributed by atoms with E-state index in [2.05, 4.69) is 20.3 Å². The number of hydrogen-bond donors (Lipinski definition) is 4. The number of aromatic nitrogens is 1. The molecule has 1 aliphatic rings. The van der Waals surface area contributed by atoms with E-state index in [9.17, 15) is 24.6 Å². The lowest BCUT2D eigenvalue weighted by atomic mass is 10.1. The second kappa shape index (κ2) is 8.75. The number of nitrogen functional groups attached to an aromatic ring is 1. The molecule has 1 fully saturated rings. The van der Waals surface area contributed by atoms with Crippen LogP contribution in [-0.4, -0.2) is 63.5 Å². The molecule has 158 valence electrons. The zero-order valence-corrected chi connectivity index (χ0v) is 16.3. The molecular weight excluding hydrogens is 418 g/mol. The van der Waals surface area contributed by atoms with Gasteiger partial charge in [0.15, 0.2) is 10.8 Å². The molecule has 0 aliphatic carbocycles. The number of amides is 2. The molecule has 12 nitrogen and oxygen atoms in total. The van der Waals surface area contributed by atoms with Gasteiger partial charge in [-0.15, -0.1) is 11.3 Å². The van der Waals surface area contributed by atoms with Gasteiger partial charge in [0.05, 0.1) is 6.54 Å². The van der Waals surface area contributed by atoms with Crippen molar-refractivity contribution in [2.45, 2.75) is 12.1 Å². The zero-order valence-electron chi connectivity index (χ0n) is 15.5. The number of aromatic hydroxyl groups is 1. The fourth-order valence-electron chi connectivity index (χ4n) is 2.54. The maximum absolute atomic E-state index is 12.5. The van der Waals surface area contributed by atoms with E-state index < -0.39 is 29.9 Å². The Morgan fingerprint density at radius 3 is 2.63 bits per heavy atom. The molecule has 1 aromatic heterocycles. The van der Waals surface area contributed by atoms with Crippen molar-refractivity contribution in [3.05, 3.63) is 40.9 Å². The predicted molar refractivity (Wildman–Crippen MR) is 103 cm³/mol. The van der Waals surface area contributed by atoms with Crippen LogP contribution >= 0.6 is 11.3 Å². The fourth-order valence-corrected chi connectivity index (χ4v) is 3.09. The van der Waals surface area contributed by atoms with Gasteiger partial charge in [0.1, 0.15) is 24.6 Å². The molecule has 13 heteroatoms. The minimum Gasteiger partial charge on any atom is -0.508 e. The lowest BCUT2D eigenvalue weighted by molar-refractivity contribution is -0.237. The number of phenolic OH excluding ortho intramolecular Hbond substituents is 1. The molecule has 30 heavy (non-hydrogen) atoms. The van der Waals surface area contributed by atoms with Gasteiger partial charge < -0.3 is 26.1 Å². The van der Waals surface area contributed by atoms with Crippen LogP contribution in [0.4, 0.5) is 5.13 Å². The monoisotopic (exact) mass is 435 g/mol. The number of nitrogens with zero attached hydrogens (tertiary/aromatic N) is 3. The maximum Gasteiger partial charge on any atom is 0.340 e. The predicted octanol–water partition coefficient (Wildman–Crippen LogP) is -0.134. The summed E-state index contributed by atoms with van der Waals surface area (Å²) in [4.78, 5) is 50.1. The van der Waals surface area contributed by atoms with Crippen LogP contribution in [0, 0.1) is 0 Å². The van der Waals surface area contributed by atoms with Crippen molar-refractivity contribution in [3.63, 3.8) is 0 Å². The number of β-lactam (4-membered cyclic amide) rings is 1. The molecular formula is C17H17N5O7S. The van der Waals surface area contributed by atoms with Gasteiger partial charge in [0, 0.05) is 5.38 Å². The summed E-state index contributed by atoms with van der Waals surface area (Å²) in [6, 6.07) is 4.40. The van der Waals surface area contributed by atoms with Crippen molar-refractivity contribution < 1.29 is 34.3 Å². The number of carbonyl (C=O) groups is 3. The van der Waals surface area contributed by atoms with Gasteiger partial charge in [0.2, 0.25) is 6.10 Å².